The number of hydrogen-bond donors (Lipinski definition) is 0. The Bertz CT molecular complexity index is 292. The summed E-state index contributed by atoms with van der Waals surface area (Å²) in [6.07, 6.45) is 0. The molecule has 5 heteroatoms. The van der Waals surface area contributed by atoms with Crippen LogP contribution in [0.5, 0.6) is 0 Å². The first-order chi connectivity index (χ1) is 9.06. The minimum atomic E-state index is 0.313. The van der Waals surface area contributed by atoms with Crippen molar-refractivity contribution in [2.24, 2.45) is 0 Å². The molecule has 0 saturated carbocycles. The molecule has 2 aliphatic rings. The molecule has 0 unspecified atom stereocenters. The fourth-order valence-corrected chi connectivity index (χ4v) is 2.78. The van der Waals surface area contributed by atoms with Crippen LogP contribution in [0.3, 0.4) is 0 Å². The van der Waals surface area contributed by atoms with Crippen LogP contribution in [-0.4, -0.2) is 97.5 Å². The number of likely N-dealkylation sites (N-methyl/N-ethyl adjacent to an activating group) is 1. The molecule has 0 radical (unpaired) electrons. The third-order valence-electron chi connectivity index (χ3n) is 4.35. The van der Waals surface area contributed by atoms with Crippen LogP contribution in [0.1, 0.15) is 13.8 Å². The predicted octanol–water partition coefficient (Wildman–Crippen LogP) is -0.214. The molecule has 110 valence electrons. The Morgan fingerprint density at radius 1 is 0.947 bits per heavy atom. The average molecular weight is 268 g/mol. The Morgan fingerprint density at radius 2 is 1.53 bits per heavy atom. The minimum absolute atomic E-state index is 0.313. The Labute approximate surface area is 117 Å². The van der Waals surface area contributed by atoms with Crippen molar-refractivity contribution in [3.8, 4) is 0 Å². The highest BCUT2D eigenvalue weighted by Gasteiger charge is 2.24. The van der Waals surface area contributed by atoms with Crippen LogP contribution in [-0.2, 0) is 4.79 Å². The van der Waals surface area contributed by atoms with Crippen LogP contribution in [0.4, 0.5) is 0 Å². The number of rotatable bonds is 3. The van der Waals surface area contributed by atoms with Gasteiger partial charge in [0, 0.05) is 58.4 Å². The van der Waals surface area contributed by atoms with Gasteiger partial charge >= 0.3 is 0 Å². The highest BCUT2D eigenvalue weighted by atomic mass is 16.2. The lowest BCUT2D eigenvalue weighted by atomic mass is 10.2. The molecule has 0 bridgehead atoms. The summed E-state index contributed by atoms with van der Waals surface area (Å²) in [6.45, 7) is 13.1. The average Bonchev–Trinajstić information content (AvgIpc) is 2.41. The standard InChI is InChI=1S/C14H28N4O/c1-13(2)17-8-10-18(11-9-17)14(19)12-16-6-4-15(3)5-7-16/h13H,4-12H2,1-3H3. The van der Waals surface area contributed by atoms with Crippen LogP contribution in [0.2, 0.25) is 0 Å². The normalized spacial score (nSPS) is 24.1. The largest absolute Gasteiger partial charge is 0.339 e. The van der Waals surface area contributed by atoms with E-state index in [0.717, 1.165) is 52.4 Å². The molecule has 2 heterocycles. The maximum Gasteiger partial charge on any atom is 0.236 e. The van der Waals surface area contributed by atoms with Crippen LogP contribution >= 0.6 is 0 Å². The van der Waals surface area contributed by atoms with Crippen molar-refractivity contribution in [1.29, 1.82) is 0 Å². The summed E-state index contributed by atoms with van der Waals surface area (Å²) in [5.41, 5.74) is 0. The zero-order valence-corrected chi connectivity index (χ0v) is 12.6. The van der Waals surface area contributed by atoms with E-state index in [4.69, 9.17) is 0 Å². The number of nitrogens with zero attached hydrogens (tertiary/aromatic N) is 4. The molecule has 0 aromatic rings. The molecule has 1 amide bonds. The van der Waals surface area contributed by atoms with E-state index in [-0.39, 0.29) is 0 Å². The zero-order chi connectivity index (χ0) is 13.8. The van der Waals surface area contributed by atoms with Crippen molar-refractivity contribution in [2.45, 2.75) is 19.9 Å². The first-order valence-electron chi connectivity index (χ1n) is 7.49. The summed E-state index contributed by atoms with van der Waals surface area (Å²) < 4.78 is 0. The Kier molecular flexibility index (Phi) is 5.19. The van der Waals surface area contributed by atoms with Gasteiger partial charge in [0.25, 0.3) is 0 Å². The van der Waals surface area contributed by atoms with Gasteiger partial charge in [0.05, 0.1) is 6.54 Å². The van der Waals surface area contributed by atoms with Crippen LogP contribution in [0.25, 0.3) is 0 Å². The number of piperazine rings is 2. The van der Waals surface area contributed by atoms with E-state index in [9.17, 15) is 4.79 Å². The van der Waals surface area contributed by atoms with Gasteiger partial charge < -0.3 is 9.80 Å². The highest BCUT2D eigenvalue weighted by Crippen LogP contribution is 2.07. The van der Waals surface area contributed by atoms with Crippen LogP contribution < -0.4 is 0 Å². The third-order valence-corrected chi connectivity index (χ3v) is 4.35. The number of carbonyl (C=O) groups excluding carboxylic acids is 1. The summed E-state index contributed by atoms with van der Waals surface area (Å²) in [5, 5.41) is 0. The molecule has 0 atom stereocenters. The maximum absolute atomic E-state index is 12.3. The van der Waals surface area contributed by atoms with Crippen molar-refractivity contribution in [3.05, 3.63) is 0 Å². The second kappa shape index (κ2) is 6.68. The van der Waals surface area contributed by atoms with E-state index in [1.54, 1.807) is 0 Å². The molecule has 0 spiro atoms. The Hall–Kier alpha value is -0.650. The molecule has 2 rings (SSSR count). The second-order valence-corrected chi connectivity index (χ2v) is 6.09. The summed E-state index contributed by atoms with van der Waals surface area (Å²) in [5.74, 6) is 0.313. The van der Waals surface area contributed by atoms with Gasteiger partial charge in [-0.1, -0.05) is 0 Å². The molecule has 5 nitrogen and oxygen atoms in total. The van der Waals surface area contributed by atoms with Crippen molar-refractivity contribution in [2.75, 3.05) is 66.0 Å². The number of carbonyl (C=O) groups is 1. The van der Waals surface area contributed by atoms with Gasteiger partial charge in [0.1, 0.15) is 0 Å². The third kappa shape index (κ3) is 4.16. The summed E-state index contributed by atoms with van der Waals surface area (Å²) in [4.78, 5) is 21.4. The Morgan fingerprint density at radius 3 is 2.05 bits per heavy atom. The van der Waals surface area contributed by atoms with Gasteiger partial charge in [-0.2, -0.15) is 0 Å². The van der Waals surface area contributed by atoms with Crippen molar-refractivity contribution >= 4 is 5.91 Å². The molecule has 2 saturated heterocycles. The fraction of sp³-hybridized carbons (Fsp3) is 0.929. The SMILES string of the molecule is CC(C)N1CCN(C(=O)CN2CCN(C)CC2)CC1. The van der Waals surface area contributed by atoms with Crippen LogP contribution in [0, 0.1) is 0 Å². The zero-order valence-electron chi connectivity index (χ0n) is 12.6. The highest BCUT2D eigenvalue weighted by molar-refractivity contribution is 5.78. The lowest BCUT2D eigenvalue weighted by Gasteiger charge is -2.38. The molecular weight excluding hydrogens is 240 g/mol. The van der Waals surface area contributed by atoms with E-state index >= 15 is 0 Å². The fourth-order valence-electron chi connectivity index (χ4n) is 2.78. The maximum atomic E-state index is 12.3. The quantitative estimate of drug-likeness (QED) is 0.708. The van der Waals surface area contributed by atoms with E-state index in [0.29, 0.717) is 18.5 Å². The molecule has 0 aromatic heterocycles. The first-order valence-corrected chi connectivity index (χ1v) is 7.49. The van der Waals surface area contributed by atoms with E-state index < -0.39 is 0 Å². The minimum Gasteiger partial charge on any atom is -0.339 e. The molecule has 0 aliphatic carbocycles. The monoisotopic (exact) mass is 268 g/mol. The van der Waals surface area contributed by atoms with Gasteiger partial charge in [0.2, 0.25) is 5.91 Å². The number of amides is 1. The molecule has 0 N–H and O–H groups in total. The van der Waals surface area contributed by atoms with E-state index in [1.807, 2.05) is 4.90 Å². The Balaban J connectivity index is 1.72. The summed E-state index contributed by atoms with van der Waals surface area (Å²) >= 11 is 0. The lowest BCUT2D eigenvalue weighted by Crippen LogP contribution is -2.54. The molecule has 0 aromatic carbocycles. The molecular formula is C14H28N4O. The first kappa shape index (κ1) is 14.8. The van der Waals surface area contributed by atoms with Crippen molar-refractivity contribution < 1.29 is 4.79 Å². The van der Waals surface area contributed by atoms with Gasteiger partial charge in [-0.25, -0.2) is 0 Å². The molecule has 2 aliphatic heterocycles. The summed E-state index contributed by atoms with van der Waals surface area (Å²) in [6, 6.07) is 0.592. The van der Waals surface area contributed by atoms with Crippen molar-refractivity contribution in [1.82, 2.24) is 19.6 Å². The number of hydrogen-bond acceptors (Lipinski definition) is 4. The smallest absolute Gasteiger partial charge is 0.236 e. The topological polar surface area (TPSA) is 30.0 Å². The van der Waals surface area contributed by atoms with Crippen molar-refractivity contribution in [3.63, 3.8) is 0 Å². The van der Waals surface area contributed by atoms with E-state index in [2.05, 4.69) is 35.6 Å². The van der Waals surface area contributed by atoms with E-state index in [1.165, 1.54) is 0 Å². The summed E-state index contributed by atoms with van der Waals surface area (Å²) in [7, 11) is 2.14. The van der Waals surface area contributed by atoms with Gasteiger partial charge in [-0.15, -0.1) is 0 Å². The second-order valence-electron chi connectivity index (χ2n) is 6.09. The van der Waals surface area contributed by atoms with Crippen LogP contribution in [0.15, 0.2) is 0 Å². The molecule has 19 heavy (non-hydrogen) atoms. The lowest BCUT2D eigenvalue weighted by molar-refractivity contribution is -0.134. The van der Waals surface area contributed by atoms with Gasteiger partial charge in [0.15, 0.2) is 0 Å². The predicted molar refractivity (Wildman–Crippen MR) is 77.2 cm³/mol. The van der Waals surface area contributed by atoms with Gasteiger partial charge in [-0.05, 0) is 20.9 Å². The molecule has 2 fully saturated rings. The van der Waals surface area contributed by atoms with Gasteiger partial charge in [-0.3, -0.25) is 14.6 Å².